The molecule has 0 aliphatic heterocycles. The van der Waals surface area contributed by atoms with Gasteiger partial charge in [0.05, 0.1) is 7.11 Å². The van der Waals surface area contributed by atoms with Gasteiger partial charge in [-0.25, -0.2) is 0 Å². The predicted octanol–water partition coefficient (Wildman–Crippen LogP) is 3.80. The Hall–Kier alpha value is -2.02. The number of hydrogen-bond donors (Lipinski definition) is 0. The first kappa shape index (κ1) is 9.22. The van der Waals surface area contributed by atoms with Gasteiger partial charge in [-0.1, -0.05) is 24.3 Å². The lowest BCUT2D eigenvalue weighted by Crippen LogP contribution is -1.82. The van der Waals surface area contributed by atoms with Gasteiger partial charge >= 0.3 is 0 Å². The van der Waals surface area contributed by atoms with Crippen LogP contribution in [0.2, 0.25) is 0 Å². The number of hydrogen-bond acceptors (Lipinski definition) is 1. The molecule has 1 heteroatoms. The highest BCUT2D eigenvalue weighted by atomic mass is 16.5. The maximum atomic E-state index is 5.22. The van der Waals surface area contributed by atoms with E-state index in [4.69, 9.17) is 4.74 Å². The minimum Gasteiger partial charge on any atom is -0.497 e. The Bertz CT molecular complexity index is 656. The van der Waals surface area contributed by atoms with E-state index < -0.39 is 0 Å². The number of benzene rings is 3. The number of methoxy groups -OCH3 is 1. The van der Waals surface area contributed by atoms with E-state index in [9.17, 15) is 0 Å². The van der Waals surface area contributed by atoms with Crippen LogP contribution >= 0.6 is 0 Å². The van der Waals surface area contributed by atoms with Crippen LogP contribution in [0.3, 0.4) is 0 Å². The van der Waals surface area contributed by atoms with E-state index in [1.165, 1.54) is 16.2 Å². The summed E-state index contributed by atoms with van der Waals surface area (Å²) in [4.78, 5) is 0. The Morgan fingerprint density at radius 3 is 2.75 bits per heavy atom. The van der Waals surface area contributed by atoms with Gasteiger partial charge < -0.3 is 4.74 Å². The van der Waals surface area contributed by atoms with Gasteiger partial charge in [-0.05, 0) is 51.9 Å². The van der Waals surface area contributed by atoms with Crippen molar-refractivity contribution in [3.8, 4) is 5.75 Å². The largest absolute Gasteiger partial charge is 0.497 e. The van der Waals surface area contributed by atoms with Crippen LogP contribution in [-0.2, 0) is 0 Å². The van der Waals surface area contributed by atoms with Crippen LogP contribution in [-0.4, -0.2) is 7.11 Å². The zero-order chi connectivity index (χ0) is 11.0. The summed E-state index contributed by atoms with van der Waals surface area (Å²) < 4.78 is 5.22. The van der Waals surface area contributed by atoms with E-state index in [2.05, 4.69) is 36.4 Å². The van der Waals surface area contributed by atoms with Crippen LogP contribution in [0.4, 0.5) is 0 Å². The minimum absolute atomic E-state index is 0.891. The number of fused-ring (bicyclic) bond motifs is 2. The molecule has 3 aromatic rings. The van der Waals surface area contributed by atoms with Crippen molar-refractivity contribution < 1.29 is 4.74 Å². The molecule has 0 atom stereocenters. The molecule has 0 unspecified atom stereocenters. The third-order valence-corrected chi connectivity index (χ3v) is 2.83. The number of ether oxygens (including phenoxy) is 1. The van der Waals surface area contributed by atoms with Gasteiger partial charge in [-0.15, -0.1) is 0 Å². The normalized spacial score (nSPS) is 10.8. The van der Waals surface area contributed by atoms with Crippen LogP contribution in [0.1, 0.15) is 0 Å². The average Bonchev–Trinajstić information content (AvgIpc) is 2.35. The standard InChI is InChI=1S/C15H11O/c1-16-15-7-6-13-8-11-4-2-3-5-12(11)9-14(13)10-15/h2-4,6-10H,1H3. The summed E-state index contributed by atoms with van der Waals surface area (Å²) in [6.07, 6.45) is 0. The topological polar surface area (TPSA) is 9.23 Å². The fraction of sp³-hybridized carbons (Fsp3) is 0.0667. The molecule has 16 heavy (non-hydrogen) atoms. The van der Waals surface area contributed by atoms with E-state index in [-0.39, 0.29) is 0 Å². The molecule has 1 nitrogen and oxygen atoms in total. The van der Waals surface area contributed by atoms with E-state index in [0.29, 0.717) is 0 Å². The molecule has 0 aliphatic carbocycles. The smallest absolute Gasteiger partial charge is 0.119 e. The summed E-state index contributed by atoms with van der Waals surface area (Å²) >= 11 is 0. The monoisotopic (exact) mass is 207 g/mol. The Morgan fingerprint density at radius 1 is 0.938 bits per heavy atom. The van der Waals surface area contributed by atoms with Crippen molar-refractivity contribution in [1.82, 2.24) is 0 Å². The highest BCUT2D eigenvalue weighted by molar-refractivity contribution is 5.98. The van der Waals surface area contributed by atoms with Crippen molar-refractivity contribution in [2.45, 2.75) is 0 Å². The minimum atomic E-state index is 0.891. The molecule has 3 rings (SSSR count). The second-order valence-corrected chi connectivity index (χ2v) is 3.82. The molecule has 0 N–H and O–H groups in total. The summed E-state index contributed by atoms with van der Waals surface area (Å²) in [7, 11) is 1.69. The highest BCUT2D eigenvalue weighted by Crippen LogP contribution is 2.25. The summed E-state index contributed by atoms with van der Waals surface area (Å²) in [6, 6.07) is 19.7. The van der Waals surface area contributed by atoms with Crippen LogP contribution in [0.5, 0.6) is 5.75 Å². The second kappa shape index (κ2) is 3.53. The van der Waals surface area contributed by atoms with Gasteiger partial charge in [0, 0.05) is 0 Å². The maximum Gasteiger partial charge on any atom is 0.119 e. The van der Waals surface area contributed by atoms with Crippen molar-refractivity contribution in [1.29, 1.82) is 0 Å². The van der Waals surface area contributed by atoms with E-state index >= 15 is 0 Å². The lowest BCUT2D eigenvalue weighted by atomic mass is 10.0. The zero-order valence-corrected chi connectivity index (χ0v) is 9.03. The fourth-order valence-corrected chi connectivity index (χ4v) is 1.97. The van der Waals surface area contributed by atoms with Crippen LogP contribution in [0, 0.1) is 6.07 Å². The highest BCUT2D eigenvalue weighted by Gasteiger charge is 1.99. The van der Waals surface area contributed by atoms with Crippen molar-refractivity contribution in [3.05, 3.63) is 54.6 Å². The SMILES string of the molecule is COc1ccc2cc3ccc[c]c3cc2c1. The van der Waals surface area contributed by atoms with Gasteiger partial charge in [0.15, 0.2) is 0 Å². The van der Waals surface area contributed by atoms with Crippen molar-refractivity contribution >= 4 is 21.5 Å². The summed E-state index contributed by atoms with van der Waals surface area (Å²) in [5, 5.41) is 4.78. The Balaban J connectivity index is 2.37. The molecular weight excluding hydrogens is 196 g/mol. The molecule has 0 heterocycles. The van der Waals surface area contributed by atoms with Gasteiger partial charge in [0.25, 0.3) is 0 Å². The van der Waals surface area contributed by atoms with E-state index in [1.54, 1.807) is 7.11 Å². The second-order valence-electron chi connectivity index (χ2n) is 3.82. The summed E-state index contributed by atoms with van der Waals surface area (Å²) in [5.74, 6) is 0.891. The molecule has 0 aliphatic rings. The van der Waals surface area contributed by atoms with Gasteiger partial charge in [-0.2, -0.15) is 0 Å². The molecule has 0 fully saturated rings. The summed E-state index contributed by atoms with van der Waals surface area (Å²) in [6.45, 7) is 0. The molecule has 1 radical (unpaired) electrons. The Labute approximate surface area is 94.3 Å². The maximum absolute atomic E-state index is 5.22. The molecule has 0 spiro atoms. The average molecular weight is 207 g/mol. The number of rotatable bonds is 1. The van der Waals surface area contributed by atoms with Crippen LogP contribution < -0.4 is 4.74 Å². The lowest BCUT2D eigenvalue weighted by Gasteiger charge is -2.04. The molecule has 0 bridgehead atoms. The first-order valence-electron chi connectivity index (χ1n) is 5.25. The van der Waals surface area contributed by atoms with Crippen LogP contribution in [0.15, 0.2) is 48.5 Å². The van der Waals surface area contributed by atoms with Crippen LogP contribution in [0.25, 0.3) is 21.5 Å². The first-order chi connectivity index (χ1) is 7.86. The Morgan fingerprint density at radius 2 is 1.88 bits per heavy atom. The van der Waals surface area contributed by atoms with Gasteiger partial charge in [0.1, 0.15) is 5.75 Å². The van der Waals surface area contributed by atoms with Gasteiger partial charge in [0.2, 0.25) is 0 Å². The molecule has 0 amide bonds. The van der Waals surface area contributed by atoms with Gasteiger partial charge in [-0.3, -0.25) is 0 Å². The summed E-state index contributed by atoms with van der Waals surface area (Å²) in [5.41, 5.74) is 0. The molecule has 0 saturated carbocycles. The predicted molar refractivity (Wildman–Crippen MR) is 66.8 cm³/mol. The van der Waals surface area contributed by atoms with E-state index in [1.807, 2.05) is 18.2 Å². The molecule has 77 valence electrons. The third kappa shape index (κ3) is 1.41. The fourth-order valence-electron chi connectivity index (χ4n) is 1.97. The lowest BCUT2D eigenvalue weighted by molar-refractivity contribution is 0.415. The quantitative estimate of drug-likeness (QED) is 0.551. The van der Waals surface area contributed by atoms with Crippen molar-refractivity contribution in [2.75, 3.05) is 7.11 Å². The first-order valence-corrected chi connectivity index (χ1v) is 5.25. The molecular formula is C15H11O. The molecule has 0 saturated heterocycles. The van der Waals surface area contributed by atoms with Crippen molar-refractivity contribution in [3.63, 3.8) is 0 Å². The Kier molecular flexibility index (Phi) is 2.03. The zero-order valence-electron chi connectivity index (χ0n) is 9.03. The van der Waals surface area contributed by atoms with E-state index in [0.717, 1.165) is 11.1 Å². The molecule has 3 aromatic carbocycles. The third-order valence-electron chi connectivity index (χ3n) is 2.83. The molecule has 0 aromatic heterocycles. The van der Waals surface area contributed by atoms with Crippen molar-refractivity contribution in [2.24, 2.45) is 0 Å².